The van der Waals surface area contributed by atoms with Crippen LogP contribution in [0.1, 0.15) is 55.6 Å². The summed E-state index contributed by atoms with van der Waals surface area (Å²) in [7, 11) is 4.34. The molecule has 38 heavy (non-hydrogen) atoms. The molecular weight excluding hydrogens is 578 g/mol. The first kappa shape index (κ1) is 29.7. The van der Waals surface area contributed by atoms with E-state index in [1.165, 1.54) is 94.7 Å². The fourth-order valence-corrected chi connectivity index (χ4v) is 11.6. The van der Waals surface area contributed by atoms with E-state index in [-0.39, 0.29) is 0 Å². The van der Waals surface area contributed by atoms with Crippen molar-refractivity contribution in [1.82, 2.24) is 0 Å². The van der Waals surface area contributed by atoms with Crippen molar-refractivity contribution >= 4 is 77.1 Å². The van der Waals surface area contributed by atoms with Crippen LogP contribution in [0.15, 0.2) is 15.1 Å². The van der Waals surface area contributed by atoms with Gasteiger partial charge >= 0.3 is 24.8 Å². The summed E-state index contributed by atoms with van der Waals surface area (Å²) in [6, 6.07) is 0. The second-order valence-electron chi connectivity index (χ2n) is 9.89. The topological polar surface area (TPSA) is 12.4 Å². The van der Waals surface area contributed by atoms with Gasteiger partial charge in [-0.2, -0.15) is 0 Å². The quantitative estimate of drug-likeness (QED) is 0.154. The number of nitrogens with zero attached hydrogens (tertiary/aromatic N) is 1. The zero-order valence-electron chi connectivity index (χ0n) is 23.7. The van der Waals surface area contributed by atoms with Gasteiger partial charge in [0, 0.05) is 39.0 Å². The molecule has 0 fully saturated rings. The van der Waals surface area contributed by atoms with E-state index in [0.717, 1.165) is 0 Å². The van der Waals surface area contributed by atoms with Crippen molar-refractivity contribution in [3.8, 4) is 39.0 Å². The molecule has 1 nitrogen and oxygen atoms in total. The summed E-state index contributed by atoms with van der Waals surface area (Å²) in [4.78, 5) is 11.6. The Hall–Kier alpha value is -1.29. The molecule has 8 heteroatoms. The molecule has 0 aliphatic rings. The molecular formula is C30H33BNS6. The van der Waals surface area contributed by atoms with Crippen LogP contribution in [0, 0.1) is 69.2 Å². The Balaban J connectivity index is 0.00000107. The Morgan fingerprint density at radius 2 is 0.658 bits per heavy atom. The molecule has 0 unspecified atom stereocenters. The summed E-state index contributed by atoms with van der Waals surface area (Å²) in [5, 5.41) is 4.60. The van der Waals surface area contributed by atoms with E-state index in [4.69, 9.17) is 0 Å². The van der Waals surface area contributed by atoms with Gasteiger partial charge in [-0.05, 0) is 136 Å². The molecule has 0 spiro atoms. The molecule has 0 saturated carbocycles. The Labute approximate surface area is 254 Å². The van der Waals surface area contributed by atoms with Crippen molar-refractivity contribution in [3.05, 3.63) is 66.4 Å². The van der Waals surface area contributed by atoms with Crippen LogP contribution in [-0.4, -0.2) is 7.64 Å². The van der Waals surface area contributed by atoms with Gasteiger partial charge in [0.2, 0.25) is 0 Å². The monoisotopic (exact) mass is 610 g/mol. The first-order valence-electron chi connectivity index (χ1n) is 12.4. The fourth-order valence-electron chi connectivity index (χ4n) is 4.54. The number of thiophene rings is 5. The molecule has 5 heterocycles. The van der Waals surface area contributed by atoms with Crippen LogP contribution in [0.2, 0.25) is 0 Å². The Bertz CT molecular complexity index is 1540. The van der Waals surface area contributed by atoms with Crippen molar-refractivity contribution in [2.45, 2.75) is 69.2 Å². The molecule has 0 atom stereocenters. The van der Waals surface area contributed by atoms with Gasteiger partial charge in [-0.15, -0.1) is 56.7 Å². The maximum absolute atomic E-state index is 4.34. The van der Waals surface area contributed by atoms with Crippen LogP contribution in [0.5, 0.6) is 0 Å². The van der Waals surface area contributed by atoms with Crippen molar-refractivity contribution in [2.75, 3.05) is 0 Å². The van der Waals surface area contributed by atoms with Crippen LogP contribution in [0.3, 0.4) is 0 Å². The minimum atomic E-state index is 1.40. The first-order chi connectivity index (χ1) is 17.9. The van der Waals surface area contributed by atoms with Gasteiger partial charge in [0.15, 0.2) is 0 Å². The van der Waals surface area contributed by atoms with Crippen molar-refractivity contribution in [3.63, 3.8) is 0 Å². The number of rotatable bonds is 4. The Morgan fingerprint density at radius 3 is 0.842 bits per heavy atom. The number of aryl methyl sites for hydroxylation is 2. The molecule has 0 aliphatic heterocycles. The Kier molecular flexibility index (Phi) is 9.12. The van der Waals surface area contributed by atoms with Crippen LogP contribution in [-0.2, 0) is 0 Å². The number of hydrogen-bond donors (Lipinski definition) is 1. The molecule has 5 rings (SSSR count). The van der Waals surface area contributed by atoms with Crippen molar-refractivity contribution in [2.24, 2.45) is 4.30 Å². The summed E-state index contributed by atoms with van der Waals surface area (Å²) in [6.07, 6.45) is 0. The molecule has 0 aromatic carbocycles. The second kappa shape index (κ2) is 11.7. The van der Waals surface area contributed by atoms with E-state index in [9.17, 15) is 0 Å². The van der Waals surface area contributed by atoms with E-state index in [1.54, 1.807) is 0 Å². The molecule has 5 aromatic rings. The third-order valence-electron chi connectivity index (χ3n) is 7.74. The SMILES string of the molecule is Cc1csc(-c2sc(-c3sc(-c4sc(-c5scc(C)c5C)c(C)c4C)c(C)c3C)c(C)c2C)c1C.[B]=NS. The van der Waals surface area contributed by atoms with Crippen LogP contribution in [0.4, 0.5) is 0 Å². The molecule has 0 bridgehead atoms. The zero-order valence-corrected chi connectivity index (χ0v) is 28.6. The van der Waals surface area contributed by atoms with Gasteiger partial charge in [-0.3, -0.25) is 0 Å². The summed E-state index contributed by atoms with van der Waals surface area (Å²) in [5.74, 6) is 0. The normalized spacial score (nSPS) is 11.1. The van der Waals surface area contributed by atoms with Crippen molar-refractivity contribution < 1.29 is 0 Å². The molecule has 0 aliphatic carbocycles. The zero-order chi connectivity index (χ0) is 28.0. The van der Waals surface area contributed by atoms with E-state index in [1.807, 2.05) is 56.7 Å². The van der Waals surface area contributed by atoms with Crippen LogP contribution in [0.25, 0.3) is 39.0 Å². The minimum absolute atomic E-state index is 1.40. The third-order valence-corrected chi connectivity index (χ3v) is 15.0. The molecule has 0 amide bonds. The molecule has 0 N–H and O–H groups in total. The summed E-state index contributed by atoms with van der Waals surface area (Å²) >= 11 is 13.0. The summed E-state index contributed by atoms with van der Waals surface area (Å²) in [6.45, 7) is 22.9. The summed E-state index contributed by atoms with van der Waals surface area (Å²) < 4.78 is 2.69. The van der Waals surface area contributed by atoms with Crippen LogP contribution < -0.4 is 0 Å². The second-order valence-corrected chi connectivity index (χ2v) is 14.9. The predicted molar refractivity (Wildman–Crippen MR) is 182 cm³/mol. The van der Waals surface area contributed by atoms with Gasteiger partial charge in [0.05, 0.1) is 0 Å². The van der Waals surface area contributed by atoms with E-state index >= 15 is 0 Å². The molecule has 1 radical (unpaired) electrons. The van der Waals surface area contributed by atoms with Gasteiger partial charge in [0.1, 0.15) is 0 Å². The molecule has 5 aromatic heterocycles. The number of thiol groups is 1. The van der Waals surface area contributed by atoms with Gasteiger partial charge < -0.3 is 0 Å². The average molecular weight is 611 g/mol. The van der Waals surface area contributed by atoms with Gasteiger partial charge in [-0.1, -0.05) is 0 Å². The third kappa shape index (κ3) is 5.01. The molecule has 0 saturated heterocycles. The van der Waals surface area contributed by atoms with Crippen LogP contribution >= 0.6 is 69.5 Å². The first-order valence-corrected chi connectivity index (χ1v) is 17.0. The summed E-state index contributed by atoms with van der Waals surface area (Å²) in [5.41, 5.74) is 14.3. The van der Waals surface area contributed by atoms with Crippen molar-refractivity contribution in [1.29, 1.82) is 0 Å². The molecule has 197 valence electrons. The Morgan fingerprint density at radius 1 is 0.447 bits per heavy atom. The van der Waals surface area contributed by atoms with E-state index in [2.05, 4.69) is 105 Å². The predicted octanol–water partition coefficient (Wildman–Crippen LogP) is 11.9. The number of hydrogen-bond acceptors (Lipinski definition) is 7. The maximum atomic E-state index is 4.34. The fraction of sp³-hybridized carbons (Fsp3) is 0.333. The van der Waals surface area contributed by atoms with E-state index in [0.29, 0.717) is 0 Å². The average Bonchev–Trinajstić information content (AvgIpc) is 3.63. The standard InChI is InChI=1S/C30H32S5.BHNS/c1-13-11-31-23(15(13)3)25-17(5)19(7)27(33-25)29-21(9)22(10)30(35-29)28-20(8)18(6)26(34-28)24-16(4)14(2)12-32-24;1-2-3/h11-12H,1-10H3;3H. The van der Waals surface area contributed by atoms with Gasteiger partial charge in [-0.25, -0.2) is 0 Å². The van der Waals surface area contributed by atoms with E-state index < -0.39 is 0 Å². The van der Waals surface area contributed by atoms with Gasteiger partial charge in [0.25, 0.3) is 0 Å².